The lowest BCUT2D eigenvalue weighted by atomic mass is 9.96. The van der Waals surface area contributed by atoms with Crippen molar-refractivity contribution in [3.05, 3.63) is 33.8 Å². The van der Waals surface area contributed by atoms with Gasteiger partial charge in [0, 0.05) is 17.2 Å². The molecule has 0 amide bonds. The van der Waals surface area contributed by atoms with Crippen molar-refractivity contribution in [2.24, 2.45) is 5.92 Å². The van der Waals surface area contributed by atoms with Crippen LogP contribution in [0.3, 0.4) is 0 Å². The second-order valence-corrected chi connectivity index (χ2v) is 6.27. The van der Waals surface area contributed by atoms with E-state index in [-0.39, 0.29) is 6.04 Å². The highest BCUT2D eigenvalue weighted by Crippen LogP contribution is 2.30. The number of rotatable bonds is 4. The monoisotopic (exact) mass is 301 g/mol. The summed E-state index contributed by atoms with van der Waals surface area (Å²) < 4.78 is 5.39. The molecule has 0 saturated carbocycles. The van der Waals surface area contributed by atoms with Gasteiger partial charge in [-0.1, -0.05) is 30.1 Å². The van der Waals surface area contributed by atoms with Crippen LogP contribution in [0.25, 0.3) is 0 Å². The summed E-state index contributed by atoms with van der Waals surface area (Å²) in [5.41, 5.74) is 1.15. The second kappa shape index (κ2) is 6.94. The summed E-state index contributed by atoms with van der Waals surface area (Å²) in [6, 6.07) is 6.01. The van der Waals surface area contributed by atoms with E-state index in [1.807, 2.05) is 12.1 Å². The number of hydrogen-bond donors (Lipinski definition) is 0. The molecule has 1 aliphatic heterocycles. The summed E-state index contributed by atoms with van der Waals surface area (Å²) in [7, 11) is 1.74. The normalized spacial score (nSPS) is 19.6. The quantitative estimate of drug-likeness (QED) is 0.816. The summed E-state index contributed by atoms with van der Waals surface area (Å²) >= 11 is 12.2. The van der Waals surface area contributed by atoms with Crippen LogP contribution in [-0.2, 0) is 4.74 Å². The standard InChI is InChI=1S/C15H21Cl2NO/c1-11-3-5-18(6-4-11)15(10-19-2)12-7-13(16)9-14(17)8-12/h7-9,11,15H,3-6,10H2,1-2H3/t15-/m0/s1. The predicted octanol–water partition coefficient (Wildman–Crippen LogP) is 4.41. The zero-order valence-electron chi connectivity index (χ0n) is 11.5. The molecule has 19 heavy (non-hydrogen) atoms. The van der Waals surface area contributed by atoms with Crippen molar-refractivity contribution in [3.63, 3.8) is 0 Å². The third-order valence-electron chi connectivity index (χ3n) is 3.85. The maximum Gasteiger partial charge on any atom is 0.0659 e. The molecular formula is C15H21Cl2NO. The zero-order valence-corrected chi connectivity index (χ0v) is 13.0. The lowest BCUT2D eigenvalue weighted by Crippen LogP contribution is -2.38. The van der Waals surface area contributed by atoms with E-state index < -0.39 is 0 Å². The highest BCUT2D eigenvalue weighted by molar-refractivity contribution is 6.34. The maximum atomic E-state index is 6.11. The van der Waals surface area contributed by atoms with E-state index in [0.717, 1.165) is 24.6 Å². The Balaban J connectivity index is 2.19. The lowest BCUT2D eigenvalue weighted by molar-refractivity contribution is 0.0665. The largest absolute Gasteiger partial charge is 0.383 e. The molecule has 1 heterocycles. The molecule has 1 aromatic rings. The van der Waals surface area contributed by atoms with Crippen molar-refractivity contribution in [1.29, 1.82) is 0 Å². The Hall–Kier alpha value is -0.280. The predicted molar refractivity (Wildman–Crippen MR) is 81.1 cm³/mol. The average molecular weight is 302 g/mol. The van der Waals surface area contributed by atoms with Crippen LogP contribution in [0.15, 0.2) is 18.2 Å². The van der Waals surface area contributed by atoms with Gasteiger partial charge in [-0.25, -0.2) is 0 Å². The molecule has 106 valence electrons. The van der Waals surface area contributed by atoms with Gasteiger partial charge in [0.1, 0.15) is 0 Å². The van der Waals surface area contributed by atoms with Crippen molar-refractivity contribution in [3.8, 4) is 0 Å². The Morgan fingerprint density at radius 3 is 2.32 bits per heavy atom. The number of methoxy groups -OCH3 is 1. The molecule has 0 aromatic heterocycles. The molecule has 1 saturated heterocycles. The van der Waals surface area contributed by atoms with Crippen LogP contribution in [0.4, 0.5) is 0 Å². The zero-order chi connectivity index (χ0) is 13.8. The number of halogens is 2. The van der Waals surface area contributed by atoms with Gasteiger partial charge in [0.15, 0.2) is 0 Å². The molecule has 4 heteroatoms. The molecule has 2 rings (SSSR count). The topological polar surface area (TPSA) is 12.5 Å². The molecule has 0 spiro atoms. The summed E-state index contributed by atoms with van der Waals surface area (Å²) in [5.74, 6) is 0.822. The van der Waals surface area contributed by atoms with Crippen molar-refractivity contribution in [2.75, 3.05) is 26.8 Å². The van der Waals surface area contributed by atoms with Gasteiger partial charge in [-0.15, -0.1) is 0 Å². The number of hydrogen-bond acceptors (Lipinski definition) is 2. The fourth-order valence-corrected chi connectivity index (χ4v) is 3.22. The Morgan fingerprint density at radius 1 is 1.21 bits per heavy atom. The summed E-state index contributed by atoms with van der Waals surface area (Å²) in [4.78, 5) is 2.48. The Morgan fingerprint density at radius 2 is 1.79 bits per heavy atom. The molecule has 1 aliphatic rings. The van der Waals surface area contributed by atoms with Crippen LogP contribution in [0.5, 0.6) is 0 Å². The van der Waals surface area contributed by atoms with Gasteiger partial charge in [-0.05, 0) is 55.6 Å². The van der Waals surface area contributed by atoms with Crippen molar-refractivity contribution in [1.82, 2.24) is 4.90 Å². The Kier molecular flexibility index (Phi) is 5.52. The van der Waals surface area contributed by atoms with Crippen LogP contribution in [-0.4, -0.2) is 31.7 Å². The van der Waals surface area contributed by atoms with Crippen molar-refractivity contribution >= 4 is 23.2 Å². The van der Waals surface area contributed by atoms with Crippen LogP contribution in [0.1, 0.15) is 31.4 Å². The maximum absolute atomic E-state index is 6.11. The highest BCUT2D eigenvalue weighted by Gasteiger charge is 2.25. The lowest BCUT2D eigenvalue weighted by Gasteiger charge is -2.36. The first-order chi connectivity index (χ1) is 9.10. The molecule has 1 fully saturated rings. The van der Waals surface area contributed by atoms with Gasteiger partial charge in [-0.3, -0.25) is 4.90 Å². The third-order valence-corrected chi connectivity index (χ3v) is 4.29. The minimum absolute atomic E-state index is 0.244. The minimum Gasteiger partial charge on any atom is -0.383 e. The van der Waals surface area contributed by atoms with Gasteiger partial charge < -0.3 is 4.74 Å². The fourth-order valence-electron chi connectivity index (χ4n) is 2.68. The van der Waals surface area contributed by atoms with Gasteiger partial charge in [0.05, 0.1) is 12.6 Å². The molecule has 1 aromatic carbocycles. The van der Waals surface area contributed by atoms with Gasteiger partial charge in [0.25, 0.3) is 0 Å². The first-order valence-electron chi connectivity index (χ1n) is 6.79. The van der Waals surface area contributed by atoms with E-state index in [4.69, 9.17) is 27.9 Å². The second-order valence-electron chi connectivity index (χ2n) is 5.39. The van der Waals surface area contributed by atoms with E-state index in [9.17, 15) is 0 Å². The van der Waals surface area contributed by atoms with Gasteiger partial charge in [-0.2, -0.15) is 0 Å². The third kappa shape index (κ3) is 4.09. The van der Waals surface area contributed by atoms with Crippen LogP contribution < -0.4 is 0 Å². The molecule has 0 bridgehead atoms. The molecule has 0 aliphatic carbocycles. The number of piperidine rings is 1. The van der Waals surface area contributed by atoms with E-state index in [1.165, 1.54) is 12.8 Å². The molecular weight excluding hydrogens is 281 g/mol. The van der Waals surface area contributed by atoms with E-state index in [2.05, 4.69) is 11.8 Å². The molecule has 0 N–H and O–H groups in total. The van der Waals surface area contributed by atoms with E-state index in [0.29, 0.717) is 16.7 Å². The van der Waals surface area contributed by atoms with Crippen LogP contribution in [0, 0.1) is 5.92 Å². The molecule has 1 atom stereocenters. The highest BCUT2D eigenvalue weighted by atomic mass is 35.5. The summed E-state index contributed by atoms with van der Waals surface area (Å²) in [6.07, 6.45) is 2.49. The first-order valence-corrected chi connectivity index (χ1v) is 7.54. The van der Waals surface area contributed by atoms with Crippen molar-refractivity contribution in [2.45, 2.75) is 25.8 Å². The summed E-state index contributed by atoms with van der Waals surface area (Å²) in [5, 5.41) is 1.38. The number of nitrogens with zero attached hydrogens (tertiary/aromatic N) is 1. The molecule has 0 radical (unpaired) electrons. The van der Waals surface area contributed by atoms with Crippen LogP contribution in [0.2, 0.25) is 10.0 Å². The number of benzene rings is 1. The van der Waals surface area contributed by atoms with Crippen LogP contribution >= 0.6 is 23.2 Å². The molecule has 0 unspecified atom stereocenters. The minimum atomic E-state index is 0.244. The van der Waals surface area contributed by atoms with Crippen molar-refractivity contribution < 1.29 is 4.74 Å². The Labute approximate surface area is 125 Å². The average Bonchev–Trinajstić information content (AvgIpc) is 2.36. The number of ether oxygens (including phenoxy) is 1. The smallest absolute Gasteiger partial charge is 0.0659 e. The number of likely N-dealkylation sites (tertiary alicyclic amines) is 1. The fraction of sp³-hybridized carbons (Fsp3) is 0.600. The SMILES string of the molecule is COC[C@@H](c1cc(Cl)cc(Cl)c1)N1CCC(C)CC1. The van der Waals surface area contributed by atoms with Gasteiger partial charge in [0.2, 0.25) is 0 Å². The Bertz CT molecular complexity index is 396. The first kappa shape index (κ1) is 15.1. The summed E-state index contributed by atoms with van der Waals surface area (Å²) in [6.45, 7) is 5.21. The molecule has 2 nitrogen and oxygen atoms in total. The van der Waals surface area contributed by atoms with E-state index >= 15 is 0 Å². The van der Waals surface area contributed by atoms with E-state index in [1.54, 1.807) is 13.2 Å². The van der Waals surface area contributed by atoms with Gasteiger partial charge >= 0.3 is 0 Å².